The lowest BCUT2D eigenvalue weighted by Gasteiger charge is -2.11. The van der Waals surface area contributed by atoms with Gasteiger partial charge in [-0.15, -0.1) is 11.3 Å². The highest BCUT2D eigenvalue weighted by Gasteiger charge is 2.10. The first-order valence-corrected chi connectivity index (χ1v) is 6.45. The number of methoxy groups -OCH3 is 1. The van der Waals surface area contributed by atoms with Gasteiger partial charge in [-0.25, -0.2) is 4.98 Å². The maximum Gasteiger partial charge on any atom is 0.240 e. The lowest BCUT2D eigenvalue weighted by atomic mass is 10.5. The number of thiazole rings is 1. The molecule has 18 heavy (non-hydrogen) atoms. The second kappa shape index (κ2) is 6.03. The third-order valence-corrected chi connectivity index (χ3v) is 3.21. The maximum absolute atomic E-state index is 5.13. The van der Waals surface area contributed by atoms with Crippen molar-refractivity contribution in [2.24, 2.45) is 0 Å². The predicted molar refractivity (Wildman–Crippen MR) is 67.0 cm³/mol. The van der Waals surface area contributed by atoms with Gasteiger partial charge in [-0.1, -0.05) is 5.16 Å². The number of ether oxygens (including phenoxy) is 1. The maximum atomic E-state index is 5.13. The van der Waals surface area contributed by atoms with Gasteiger partial charge in [-0.3, -0.25) is 4.90 Å². The van der Waals surface area contributed by atoms with Crippen molar-refractivity contribution in [3.63, 3.8) is 0 Å². The van der Waals surface area contributed by atoms with Crippen molar-refractivity contribution in [3.05, 3.63) is 27.8 Å². The van der Waals surface area contributed by atoms with Crippen LogP contribution >= 0.6 is 11.3 Å². The van der Waals surface area contributed by atoms with Crippen LogP contribution in [-0.2, 0) is 24.4 Å². The van der Waals surface area contributed by atoms with Gasteiger partial charge in [0.1, 0.15) is 11.6 Å². The Bertz CT molecular complexity index is 497. The lowest BCUT2D eigenvalue weighted by molar-refractivity contribution is 0.174. The lowest BCUT2D eigenvalue weighted by Crippen LogP contribution is -2.17. The fraction of sp³-hybridized carbons (Fsp3) is 0.545. The largest absolute Gasteiger partial charge is 0.377 e. The zero-order valence-electron chi connectivity index (χ0n) is 10.7. The molecule has 2 rings (SSSR count). The summed E-state index contributed by atoms with van der Waals surface area (Å²) in [5.74, 6) is 1.17. The average Bonchev–Trinajstić information content (AvgIpc) is 2.89. The molecule has 0 aliphatic heterocycles. The highest BCUT2D eigenvalue weighted by Crippen LogP contribution is 2.12. The van der Waals surface area contributed by atoms with E-state index in [9.17, 15) is 0 Å². The van der Waals surface area contributed by atoms with E-state index in [4.69, 9.17) is 9.26 Å². The number of hydrogen-bond donors (Lipinski definition) is 0. The SMILES string of the molecule is COCc1noc(CN(C)Cc2nc(C)cs2)n1. The summed E-state index contributed by atoms with van der Waals surface area (Å²) in [7, 11) is 3.60. The second-order valence-electron chi connectivity index (χ2n) is 4.09. The number of nitrogens with zero attached hydrogens (tertiary/aromatic N) is 4. The van der Waals surface area contributed by atoms with E-state index in [0.717, 1.165) is 17.2 Å². The van der Waals surface area contributed by atoms with Gasteiger partial charge in [-0.05, 0) is 14.0 Å². The van der Waals surface area contributed by atoms with Crippen LogP contribution in [0.15, 0.2) is 9.90 Å². The number of aromatic nitrogens is 3. The summed E-state index contributed by atoms with van der Waals surface area (Å²) < 4.78 is 10.1. The summed E-state index contributed by atoms with van der Waals surface area (Å²) in [4.78, 5) is 10.7. The number of aryl methyl sites for hydroxylation is 1. The van der Waals surface area contributed by atoms with Crippen LogP contribution in [0, 0.1) is 6.92 Å². The molecule has 2 aromatic rings. The Labute approximate surface area is 110 Å². The first-order chi connectivity index (χ1) is 8.67. The summed E-state index contributed by atoms with van der Waals surface area (Å²) >= 11 is 1.66. The molecular formula is C11H16N4O2S. The van der Waals surface area contributed by atoms with Gasteiger partial charge in [-0.2, -0.15) is 4.98 Å². The van der Waals surface area contributed by atoms with Crippen LogP contribution < -0.4 is 0 Å². The van der Waals surface area contributed by atoms with Crippen LogP contribution in [0.3, 0.4) is 0 Å². The Morgan fingerprint density at radius 1 is 1.39 bits per heavy atom. The van der Waals surface area contributed by atoms with Crippen molar-refractivity contribution >= 4 is 11.3 Å². The van der Waals surface area contributed by atoms with Crippen molar-refractivity contribution in [3.8, 4) is 0 Å². The molecular weight excluding hydrogens is 252 g/mol. The van der Waals surface area contributed by atoms with Gasteiger partial charge in [0.25, 0.3) is 0 Å². The highest BCUT2D eigenvalue weighted by molar-refractivity contribution is 7.09. The molecule has 0 unspecified atom stereocenters. The van der Waals surface area contributed by atoms with Crippen LogP contribution in [0.1, 0.15) is 22.4 Å². The molecule has 0 spiro atoms. The molecule has 6 nitrogen and oxygen atoms in total. The molecule has 2 heterocycles. The topological polar surface area (TPSA) is 64.3 Å². The average molecular weight is 268 g/mol. The molecule has 0 aliphatic rings. The molecule has 0 aromatic carbocycles. The molecule has 0 bridgehead atoms. The normalized spacial score (nSPS) is 11.3. The Morgan fingerprint density at radius 3 is 2.89 bits per heavy atom. The molecule has 0 fully saturated rings. The number of hydrogen-bond acceptors (Lipinski definition) is 7. The third kappa shape index (κ3) is 3.59. The van der Waals surface area contributed by atoms with Gasteiger partial charge >= 0.3 is 0 Å². The van der Waals surface area contributed by atoms with Crippen LogP contribution in [0.2, 0.25) is 0 Å². The van der Waals surface area contributed by atoms with E-state index in [-0.39, 0.29) is 0 Å². The first-order valence-electron chi connectivity index (χ1n) is 5.57. The molecule has 0 N–H and O–H groups in total. The van der Waals surface area contributed by atoms with Gasteiger partial charge in [0, 0.05) is 18.2 Å². The van der Waals surface area contributed by atoms with E-state index in [1.165, 1.54) is 0 Å². The minimum absolute atomic E-state index is 0.374. The van der Waals surface area contributed by atoms with Crippen LogP contribution in [0.5, 0.6) is 0 Å². The van der Waals surface area contributed by atoms with Crippen LogP contribution in [-0.4, -0.2) is 34.2 Å². The van der Waals surface area contributed by atoms with E-state index >= 15 is 0 Å². The zero-order chi connectivity index (χ0) is 13.0. The summed E-state index contributed by atoms with van der Waals surface area (Å²) in [5, 5.41) is 6.96. The smallest absolute Gasteiger partial charge is 0.240 e. The van der Waals surface area contributed by atoms with Crippen LogP contribution in [0.4, 0.5) is 0 Å². The standard InChI is InChI=1S/C11H16N4O2S/c1-8-7-18-11(12-8)5-15(2)4-10-13-9(6-16-3)14-17-10/h7H,4-6H2,1-3H3. The van der Waals surface area contributed by atoms with Crippen molar-refractivity contribution < 1.29 is 9.26 Å². The number of rotatable bonds is 6. The summed E-state index contributed by atoms with van der Waals surface area (Å²) in [5.41, 5.74) is 1.06. The van der Waals surface area contributed by atoms with Crippen molar-refractivity contribution in [1.82, 2.24) is 20.0 Å². The van der Waals surface area contributed by atoms with Gasteiger partial charge < -0.3 is 9.26 Å². The molecule has 0 amide bonds. The molecule has 0 saturated heterocycles. The minimum Gasteiger partial charge on any atom is -0.377 e. The van der Waals surface area contributed by atoms with Crippen LogP contribution in [0.25, 0.3) is 0 Å². The molecule has 98 valence electrons. The second-order valence-corrected chi connectivity index (χ2v) is 5.03. The van der Waals surface area contributed by atoms with E-state index in [1.54, 1.807) is 18.4 Å². The van der Waals surface area contributed by atoms with E-state index < -0.39 is 0 Å². The highest BCUT2D eigenvalue weighted by atomic mass is 32.1. The van der Waals surface area contributed by atoms with Gasteiger partial charge in [0.2, 0.25) is 5.89 Å². The summed E-state index contributed by atoms with van der Waals surface area (Å²) in [6.45, 7) is 3.75. The monoisotopic (exact) mass is 268 g/mol. The fourth-order valence-corrected chi connectivity index (χ4v) is 2.39. The van der Waals surface area contributed by atoms with E-state index in [0.29, 0.717) is 24.9 Å². The molecule has 2 aromatic heterocycles. The Balaban J connectivity index is 1.88. The Kier molecular flexibility index (Phi) is 4.40. The molecule has 0 aliphatic carbocycles. The Morgan fingerprint density at radius 2 is 2.22 bits per heavy atom. The minimum atomic E-state index is 0.374. The predicted octanol–water partition coefficient (Wildman–Crippen LogP) is 1.61. The van der Waals surface area contributed by atoms with Crippen molar-refractivity contribution in [2.45, 2.75) is 26.6 Å². The van der Waals surface area contributed by atoms with Crippen molar-refractivity contribution in [1.29, 1.82) is 0 Å². The summed E-state index contributed by atoms with van der Waals surface area (Å²) in [6, 6.07) is 0. The summed E-state index contributed by atoms with van der Waals surface area (Å²) in [6.07, 6.45) is 0. The fourth-order valence-electron chi connectivity index (χ4n) is 1.54. The van der Waals surface area contributed by atoms with E-state index in [2.05, 4.69) is 20.0 Å². The third-order valence-electron chi connectivity index (χ3n) is 2.26. The quantitative estimate of drug-likeness (QED) is 0.793. The van der Waals surface area contributed by atoms with E-state index in [1.807, 2.05) is 19.4 Å². The molecule has 0 atom stereocenters. The van der Waals surface area contributed by atoms with Gasteiger partial charge in [0.15, 0.2) is 5.82 Å². The van der Waals surface area contributed by atoms with Gasteiger partial charge in [0.05, 0.1) is 13.1 Å². The van der Waals surface area contributed by atoms with Crippen molar-refractivity contribution in [2.75, 3.05) is 14.2 Å². The zero-order valence-corrected chi connectivity index (χ0v) is 11.5. The first kappa shape index (κ1) is 13.1. The molecule has 7 heteroatoms. The molecule has 0 radical (unpaired) electrons. The Hall–Kier alpha value is -1.31. The molecule has 0 saturated carbocycles.